The lowest BCUT2D eigenvalue weighted by Crippen LogP contribution is -2.15. The van der Waals surface area contributed by atoms with Crippen LogP contribution in [0.2, 0.25) is 5.02 Å². The minimum atomic E-state index is -2.49. The summed E-state index contributed by atoms with van der Waals surface area (Å²) in [5.41, 5.74) is 0.470. The summed E-state index contributed by atoms with van der Waals surface area (Å²) in [6.07, 6.45) is 1.71. The van der Waals surface area contributed by atoms with Crippen LogP contribution in [0.4, 0.5) is 5.82 Å². The second-order valence-corrected chi connectivity index (χ2v) is 5.02. The number of fused-ring (bicyclic) bond motifs is 1. The van der Waals surface area contributed by atoms with Gasteiger partial charge in [-0.25, -0.2) is 9.78 Å². The van der Waals surface area contributed by atoms with E-state index in [1.165, 1.54) is 6.07 Å². The van der Waals surface area contributed by atoms with Crippen LogP contribution in [0.3, 0.4) is 0 Å². The molecule has 2 aliphatic rings. The van der Waals surface area contributed by atoms with Crippen molar-refractivity contribution >= 4 is 35.0 Å². The number of nitrogens with zero attached hydrogens (tertiary/aromatic N) is 2. The Kier molecular flexibility index (Phi) is 2.10. The van der Waals surface area contributed by atoms with Gasteiger partial charge in [-0.2, -0.15) is 0 Å². The second-order valence-electron chi connectivity index (χ2n) is 4.61. The lowest BCUT2D eigenvalue weighted by Gasteiger charge is -2.08. The molecule has 0 radical (unpaired) electrons. The fourth-order valence-corrected chi connectivity index (χ4v) is 2.34. The fraction of sp³-hybridized carbons (Fsp3) is 0.385. The Labute approximate surface area is 119 Å². The average molecular weight is 281 g/mol. The van der Waals surface area contributed by atoms with Crippen molar-refractivity contribution in [2.24, 2.45) is 5.92 Å². The molecule has 1 aliphatic carbocycles. The van der Waals surface area contributed by atoms with E-state index in [2.05, 4.69) is 10.3 Å². The van der Waals surface area contributed by atoms with Crippen molar-refractivity contribution in [2.45, 2.75) is 19.4 Å². The summed E-state index contributed by atoms with van der Waals surface area (Å²) in [7, 11) is 0. The van der Waals surface area contributed by atoms with Crippen LogP contribution >= 0.6 is 11.6 Å². The Bertz CT molecular complexity index is 709. The fourth-order valence-electron chi connectivity index (χ4n) is 2.04. The zero-order valence-corrected chi connectivity index (χ0v) is 10.6. The first-order chi connectivity index (χ1) is 10.3. The largest absolute Gasteiger partial charge is 0.359 e. The smallest absolute Gasteiger partial charge is 0.228 e. The number of amides is 1. The molecule has 0 bridgehead atoms. The Morgan fingerprint density at radius 2 is 2.47 bits per heavy atom. The van der Waals surface area contributed by atoms with Crippen LogP contribution in [0.25, 0.3) is 5.70 Å². The predicted octanol–water partition coefficient (Wildman–Crippen LogP) is 1.70. The first-order valence-corrected chi connectivity index (χ1v) is 6.22. The Morgan fingerprint density at radius 1 is 1.68 bits per heavy atom. The van der Waals surface area contributed by atoms with E-state index in [0.717, 1.165) is 17.7 Å². The molecule has 1 aromatic rings. The number of carbonyl (C=O) groups is 1. The number of aromatic nitrogens is 1. The van der Waals surface area contributed by atoms with Gasteiger partial charge in [0.1, 0.15) is 11.5 Å². The van der Waals surface area contributed by atoms with Crippen molar-refractivity contribution in [1.82, 2.24) is 9.88 Å². The van der Waals surface area contributed by atoms with Gasteiger partial charge in [-0.15, -0.1) is 0 Å². The lowest BCUT2D eigenvalue weighted by molar-refractivity contribution is -0.117. The summed E-state index contributed by atoms with van der Waals surface area (Å²) in [6, 6.07) is 1.42. The molecule has 98 valence electrons. The zero-order valence-electron chi connectivity index (χ0n) is 12.9. The van der Waals surface area contributed by atoms with Crippen molar-refractivity contribution in [1.29, 1.82) is 0 Å². The van der Waals surface area contributed by atoms with Gasteiger partial charge in [-0.05, 0) is 12.8 Å². The molecule has 1 aliphatic heterocycles. The van der Waals surface area contributed by atoms with E-state index in [-0.39, 0.29) is 40.5 Å². The SMILES string of the molecule is [2H]C([2H])([2H])N1Cc2nc(NC(=O)C3CC3)cc(Cl)c2C1=C=O. The molecule has 1 N–H and O–H groups in total. The third-order valence-electron chi connectivity index (χ3n) is 3.16. The van der Waals surface area contributed by atoms with Gasteiger partial charge in [0, 0.05) is 23.1 Å². The molecule has 0 unspecified atom stereocenters. The van der Waals surface area contributed by atoms with Crippen LogP contribution in [-0.4, -0.2) is 28.7 Å². The van der Waals surface area contributed by atoms with Gasteiger partial charge < -0.3 is 10.2 Å². The number of anilines is 1. The monoisotopic (exact) mass is 280 g/mol. The molecule has 0 aromatic carbocycles. The number of pyridine rings is 1. The molecular weight excluding hydrogens is 266 g/mol. The van der Waals surface area contributed by atoms with Crippen LogP contribution < -0.4 is 5.32 Å². The average Bonchev–Trinajstić information content (AvgIpc) is 3.18. The van der Waals surface area contributed by atoms with Gasteiger partial charge in [0.05, 0.1) is 22.8 Å². The normalized spacial score (nSPS) is 20.2. The maximum Gasteiger partial charge on any atom is 0.228 e. The van der Waals surface area contributed by atoms with E-state index < -0.39 is 6.98 Å². The van der Waals surface area contributed by atoms with Crippen molar-refractivity contribution in [3.8, 4) is 0 Å². The lowest BCUT2D eigenvalue weighted by atomic mass is 10.2. The highest BCUT2D eigenvalue weighted by molar-refractivity contribution is 6.33. The summed E-state index contributed by atoms with van der Waals surface area (Å²) in [4.78, 5) is 28.0. The summed E-state index contributed by atoms with van der Waals surface area (Å²) >= 11 is 6.14. The summed E-state index contributed by atoms with van der Waals surface area (Å²) in [5.74, 6) is 1.78. The maximum atomic E-state index is 11.8. The third kappa shape index (κ3) is 2.11. The van der Waals surface area contributed by atoms with Gasteiger partial charge in [0.15, 0.2) is 5.94 Å². The molecule has 6 heteroatoms. The predicted molar refractivity (Wildman–Crippen MR) is 71.2 cm³/mol. The number of hydrogen-bond donors (Lipinski definition) is 1. The van der Waals surface area contributed by atoms with Crippen LogP contribution in [0.15, 0.2) is 6.07 Å². The van der Waals surface area contributed by atoms with Crippen LogP contribution in [0.1, 0.15) is 28.2 Å². The molecule has 5 nitrogen and oxygen atoms in total. The summed E-state index contributed by atoms with van der Waals surface area (Å²) < 4.78 is 22.4. The van der Waals surface area contributed by atoms with Gasteiger partial charge >= 0.3 is 0 Å². The van der Waals surface area contributed by atoms with Crippen molar-refractivity contribution in [3.63, 3.8) is 0 Å². The number of nitrogens with one attached hydrogen (secondary N) is 1. The van der Waals surface area contributed by atoms with Crippen LogP contribution in [0.5, 0.6) is 0 Å². The number of halogens is 1. The second kappa shape index (κ2) is 4.37. The molecule has 0 spiro atoms. The van der Waals surface area contributed by atoms with Crippen molar-refractivity contribution < 1.29 is 13.7 Å². The quantitative estimate of drug-likeness (QED) is 0.838. The van der Waals surface area contributed by atoms with E-state index in [9.17, 15) is 9.59 Å². The molecule has 1 saturated carbocycles. The highest BCUT2D eigenvalue weighted by Gasteiger charge is 2.31. The highest BCUT2D eigenvalue weighted by atomic mass is 35.5. The molecular formula is C13H12ClN3O2. The minimum absolute atomic E-state index is 0.0122. The van der Waals surface area contributed by atoms with Gasteiger partial charge in [-0.3, -0.25) is 4.79 Å². The third-order valence-corrected chi connectivity index (χ3v) is 3.46. The molecule has 2 heterocycles. The zero-order chi connectivity index (χ0) is 16.1. The molecule has 3 rings (SSSR count). The molecule has 1 amide bonds. The van der Waals surface area contributed by atoms with E-state index >= 15 is 0 Å². The molecule has 1 fully saturated rings. The van der Waals surface area contributed by atoms with E-state index in [4.69, 9.17) is 15.7 Å². The standard InChI is InChI=1S/C13H12ClN3O2/c1-17-5-9-12(10(17)6-18)8(14)4-11(15-9)16-13(19)7-2-3-7/h4,7H,2-3,5H2,1H3,(H,15,16,19)/i1D3. The van der Waals surface area contributed by atoms with E-state index in [0.29, 0.717) is 5.69 Å². The Hall–Kier alpha value is -1.84. The minimum Gasteiger partial charge on any atom is -0.359 e. The van der Waals surface area contributed by atoms with Gasteiger partial charge in [0.2, 0.25) is 5.91 Å². The van der Waals surface area contributed by atoms with Crippen molar-refractivity contribution in [3.05, 3.63) is 22.3 Å². The molecule has 1 aromatic heterocycles. The highest BCUT2D eigenvalue weighted by Crippen LogP contribution is 2.36. The van der Waals surface area contributed by atoms with Gasteiger partial charge in [-0.1, -0.05) is 11.6 Å². The van der Waals surface area contributed by atoms with E-state index in [1.807, 2.05) is 0 Å². The number of hydrogen-bond acceptors (Lipinski definition) is 4. The van der Waals surface area contributed by atoms with Crippen LogP contribution in [0, 0.1) is 5.92 Å². The summed E-state index contributed by atoms with van der Waals surface area (Å²) in [5, 5.41) is 2.83. The van der Waals surface area contributed by atoms with Crippen LogP contribution in [-0.2, 0) is 16.1 Å². The first-order valence-electron chi connectivity index (χ1n) is 7.34. The Balaban J connectivity index is 1.96. The number of rotatable bonds is 2. The summed E-state index contributed by atoms with van der Waals surface area (Å²) in [6.45, 7) is -2.57. The topological polar surface area (TPSA) is 62.3 Å². The molecule has 0 saturated heterocycles. The van der Waals surface area contributed by atoms with Gasteiger partial charge in [0.25, 0.3) is 0 Å². The molecule has 0 atom stereocenters. The molecule has 19 heavy (non-hydrogen) atoms. The van der Waals surface area contributed by atoms with E-state index in [1.54, 1.807) is 5.94 Å². The number of carbonyl (C=O) groups excluding carboxylic acids is 2. The Morgan fingerprint density at radius 3 is 3.11 bits per heavy atom. The maximum absolute atomic E-state index is 11.8. The first kappa shape index (κ1) is 9.13. The van der Waals surface area contributed by atoms with Crippen molar-refractivity contribution in [2.75, 3.05) is 12.3 Å².